The van der Waals surface area contributed by atoms with Gasteiger partial charge < -0.3 is 4.57 Å². The minimum absolute atomic E-state index is 0.661. The zero-order valence-corrected chi connectivity index (χ0v) is 22.3. The first-order valence-corrected chi connectivity index (χ1v) is 15.2. The van der Waals surface area contributed by atoms with Crippen molar-refractivity contribution in [2.24, 2.45) is 0 Å². The summed E-state index contributed by atoms with van der Waals surface area (Å²) in [6.45, 7) is 1.91. The molecule has 0 amide bonds. The van der Waals surface area contributed by atoms with Gasteiger partial charge in [-0.25, -0.2) is 0 Å². The van der Waals surface area contributed by atoms with Crippen LogP contribution in [0.4, 0.5) is 0 Å². The van der Waals surface area contributed by atoms with Crippen LogP contribution in [0, 0.1) is 11.3 Å². The van der Waals surface area contributed by atoms with E-state index in [0.717, 1.165) is 60.5 Å². The van der Waals surface area contributed by atoms with Crippen molar-refractivity contribution in [2.75, 3.05) is 6.66 Å². The maximum absolute atomic E-state index is 14.2. The molecule has 184 valence electrons. The van der Waals surface area contributed by atoms with Crippen LogP contribution >= 0.6 is 7.14 Å². The highest BCUT2D eigenvalue weighted by molar-refractivity contribution is 7.79. The third-order valence-electron chi connectivity index (χ3n) is 7.87. The maximum atomic E-state index is 14.2. The highest BCUT2D eigenvalue weighted by Gasteiger charge is 2.36. The van der Waals surface area contributed by atoms with Crippen molar-refractivity contribution in [3.05, 3.63) is 133 Å². The number of hydrogen-bond donors (Lipinski definition) is 0. The normalized spacial score (nSPS) is 15.5. The third-order valence-corrected chi connectivity index (χ3v) is 10.5. The van der Waals surface area contributed by atoms with Gasteiger partial charge in [-0.05, 0) is 74.1 Å². The summed E-state index contributed by atoms with van der Waals surface area (Å²) in [5, 5.41) is 13.3. The van der Waals surface area contributed by atoms with Crippen molar-refractivity contribution >= 4 is 28.5 Å². The van der Waals surface area contributed by atoms with Crippen LogP contribution in [0.15, 0.2) is 127 Å². The summed E-state index contributed by atoms with van der Waals surface area (Å²) in [5.74, 6) is 0. The second kappa shape index (κ2) is 8.95. The molecule has 3 heteroatoms. The molecule has 1 heterocycles. The Bertz CT molecular complexity index is 2000. The molecule has 0 spiro atoms. The molecular formula is C36H24NOP. The van der Waals surface area contributed by atoms with Crippen molar-refractivity contribution in [3.8, 4) is 50.6 Å². The monoisotopic (exact) mass is 517 g/mol. The van der Waals surface area contributed by atoms with Gasteiger partial charge in [0, 0.05) is 10.6 Å². The van der Waals surface area contributed by atoms with Gasteiger partial charge in [-0.3, -0.25) is 0 Å². The van der Waals surface area contributed by atoms with E-state index in [0.29, 0.717) is 5.56 Å². The zero-order chi connectivity index (χ0) is 26.6. The Labute approximate surface area is 228 Å². The van der Waals surface area contributed by atoms with Crippen LogP contribution in [0.1, 0.15) is 5.56 Å². The lowest BCUT2D eigenvalue weighted by atomic mass is 9.90. The molecule has 0 radical (unpaired) electrons. The predicted molar refractivity (Wildman–Crippen MR) is 163 cm³/mol. The molecule has 7 rings (SSSR count). The second-order valence-corrected chi connectivity index (χ2v) is 12.9. The minimum atomic E-state index is -2.73. The summed E-state index contributed by atoms with van der Waals surface area (Å²) >= 11 is 0. The van der Waals surface area contributed by atoms with E-state index in [9.17, 15) is 4.57 Å². The van der Waals surface area contributed by atoms with Crippen molar-refractivity contribution in [1.29, 1.82) is 5.26 Å². The quantitative estimate of drug-likeness (QED) is 0.221. The Morgan fingerprint density at radius 3 is 1.72 bits per heavy atom. The van der Waals surface area contributed by atoms with Gasteiger partial charge in [0.25, 0.3) is 0 Å². The fourth-order valence-electron chi connectivity index (χ4n) is 6.00. The van der Waals surface area contributed by atoms with Gasteiger partial charge in [-0.15, -0.1) is 0 Å². The summed E-state index contributed by atoms with van der Waals surface area (Å²) in [6.07, 6.45) is 0. The van der Waals surface area contributed by atoms with E-state index in [1.165, 1.54) is 5.39 Å². The number of nitriles is 1. The molecule has 39 heavy (non-hydrogen) atoms. The number of rotatable bonds is 3. The van der Waals surface area contributed by atoms with E-state index >= 15 is 0 Å². The molecule has 0 saturated heterocycles. The predicted octanol–water partition coefficient (Wildman–Crippen LogP) is 8.64. The van der Waals surface area contributed by atoms with Crippen LogP contribution in [-0.4, -0.2) is 6.66 Å². The molecule has 1 aliphatic rings. The van der Waals surface area contributed by atoms with Gasteiger partial charge in [-0.2, -0.15) is 5.26 Å². The lowest BCUT2D eigenvalue weighted by molar-refractivity contribution is 0.591. The summed E-state index contributed by atoms with van der Waals surface area (Å²) < 4.78 is 14.2. The van der Waals surface area contributed by atoms with Gasteiger partial charge in [0.2, 0.25) is 0 Å². The van der Waals surface area contributed by atoms with Gasteiger partial charge in [0.1, 0.15) is 7.14 Å². The van der Waals surface area contributed by atoms with Crippen molar-refractivity contribution in [2.45, 2.75) is 0 Å². The summed E-state index contributed by atoms with van der Waals surface area (Å²) in [6, 6.07) is 45.7. The molecule has 6 aromatic rings. The van der Waals surface area contributed by atoms with Crippen LogP contribution in [0.5, 0.6) is 0 Å². The maximum Gasteiger partial charge on any atom is 0.142 e. The largest absolute Gasteiger partial charge is 0.314 e. The molecule has 0 saturated carbocycles. The van der Waals surface area contributed by atoms with Gasteiger partial charge in [-0.1, -0.05) is 115 Å². The zero-order valence-electron chi connectivity index (χ0n) is 21.4. The molecule has 0 N–H and O–H groups in total. The van der Waals surface area contributed by atoms with E-state index in [-0.39, 0.29) is 0 Å². The molecule has 0 bridgehead atoms. The van der Waals surface area contributed by atoms with Crippen LogP contribution in [0.2, 0.25) is 0 Å². The highest BCUT2D eigenvalue weighted by Crippen LogP contribution is 2.53. The third kappa shape index (κ3) is 3.67. The Balaban J connectivity index is 1.36. The molecule has 0 aliphatic carbocycles. The van der Waals surface area contributed by atoms with Crippen LogP contribution in [0.3, 0.4) is 0 Å². The summed E-state index contributed by atoms with van der Waals surface area (Å²) in [4.78, 5) is 0. The number of nitrogens with zero attached hydrogens (tertiary/aromatic N) is 1. The molecule has 0 fully saturated rings. The van der Waals surface area contributed by atoms with E-state index in [1.54, 1.807) is 0 Å². The van der Waals surface area contributed by atoms with Gasteiger partial charge in [0.15, 0.2) is 0 Å². The summed E-state index contributed by atoms with van der Waals surface area (Å²) in [5.41, 5.74) is 9.49. The first-order chi connectivity index (χ1) is 19.1. The molecular weight excluding hydrogens is 493 g/mol. The van der Waals surface area contributed by atoms with Crippen molar-refractivity contribution < 1.29 is 4.57 Å². The van der Waals surface area contributed by atoms with Crippen molar-refractivity contribution in [3.63, 3.8) is 0 Å². The van der Waals surface area contributed by atoms with E-state index in [1.807, 2.05) is 49.1 Å². The Hall–Kier alpha value is -4.70. The molecule has 2 nitrogen and oxygen atoms in total. The fraction of sp³-hybridized carbons (Fsp3) is 0.0278. The Morgan fingerprint density at radius 2 is 1.03 bits per heavy atom. The first-order valence-electron chi connectivity index (χ1n) is 13.0. The molecule has 1 aliphatic heterocycles. The highest BCUT2D eigenvalue weighted by atomic mass is 31.2. The first kappa shape index (κ1) is 23.4. The second-order valence-electron chi connectivity index (χ2n) is 10.1. The van der Waals surface area contributed by atoms with E-state index < -0.39 is 7.14 Å². The smallest absolute Gasteiger partial charge is 0.142 e. The molecule has 0 aromatic heterocycles. The summed E-state index contributed by atoms with van der Waals surface area (Å²) in [7, 11) is -2.73. The SMILES string of the molecule is CP1(=O)c2ccccc2-c2cccc(-c3ccc(-c4ccc(-c5ccc(C#N)cc5)cc4)c4ccccc34)c21. The average Bonchev–Trinajstić information content (AvgIpc) is 3.23. The topological polar surface area (TPSA) is 40.9 Å². The standard InChI is InChI=1S/C36H24NOP/c1-39(38)35-12-5-4-9-32(35)34-11-6-10-33(36(34)39)31-22-21-28(29-7-2-3-8-30(29)31)27-19-17-26(18-20-27)25-15-13-24(23-37)14-16-25/h2-22H,1H3. The number of benzene rings is 6. The minimum Gasteiger partial charge on any atom is -0.314 e. The Kier molecular flexibility index (Phi) is 5.38. The van der Waals surface area contributed by atoms with E-state index in [4.69, 9.17) is 5.26 Å². The van der Waals surface area contributed by atoms with E-state index in [2.05, 4.69) is 91.0 Å². The van der Waals surface area contributed by atoms with Crippen LogP contribution in [-0.2, 0) is 4.57 Å². The van der Waals surface area contributed by atoms with Crippen LogP contribution in [0.25, 0.3) is 55.3 Å². The number of hydrogen-bond acceptors (Lipinski definition) is 2. The molecule has 1 atom stereocenters. The van der Waals surface area contributed by atoms with Crippen LogP contribution < -0.4 is 10.6 Å². The van der Waals surface area contributed by atoms with Gasteiger partial charge >= 0.3 is 0 Å². The fourth-order valence-corrected chi connectivity index (χ4v) is 8.57. The Morgan fingerprint density at radius 1 is 0.513 bits per heavy atom. The van der Waals surface area contributed by atoms with Crippen molar-refractivity contribution in [1.82, 2.24) is 0 Å². The molecule has 6 aromatic carbocycles. The average molecular weight is 518 g/mol. The lowest BCUT2D eigenvalue weighted by Crippen LogP contribution is -2.11. The van der Waals surface area contributed by atoms with Gasteiger partial charge in [0.05, 0.1) is 11.6 Å². The molecule has 1 unspecified atom stereocenters. The number of fused-ring (bicyclic) bond motifs is 4. The lowest BCUT2D eigenvalue weighted by Gasteiger charge is -2.17.